The summed E-state index contributed by atoms with van der Waals surface area (Å²) in [5.41, 5.74) is 6.18. The van der Waals surface area contributed by atoms with Crippen LogP contribution in [-0.4, -0.2) is 128 Å². The summed E-state index contributed by atoms with van der Waals surface area (Å²) in [7, 11) is -4.71. The Balaban J connectivity index is 0.000000873. The molecule has 3 rings (SSSR count). The zero-order chi connectivity index (χ0) is 52.9. The number of hydrogen-bond acceptors (Lipinski definition) is 11. The molecule has 0 aliphatic carbocycles. The highest BCUT2D eigenvalue weighted by Gasteiger charge is 2.39. The van der Waals surface area contributed by atoms with Crippen molar-refractivity contribution >= 4 is 43.8 Å². The van der Waals surface area contributed by atoms with Crippen LogP contribution in [-0.2, 0) is 60.3 Å². The zero-order valence-corrected chi connectivity index (χ0v) is 44.3. The summed E-state index contributed by atoms with van der Waals surface area (Å²) in [5, 5.41) is 10.0. The van der Waals surface area contributed by atoms with Crippen LogP contribution in [0.2, 0.25) is 0 Å². The van der Waals surface area contributed by atoms with Crippen molar-refractivity contribution in [2.24, 2.45) is 11.7 Å². The van der Waals surface area contributed by atoms with Crippen LogP contribution in [0.15, 0.2) is 42.9 Å². The van der Waals surface area contributed by atoms with Crippen LogP contribution in [0.25, 0.3) is 0 Å². The monoisotopic (exact) mass is 1010 g/mol. The summed E-state index contributed by atoms with van der Waals surface area (Å²) >= 11 is 0. The molecule has 21 heteroatoms. The van der Waals surface area contributed by atoms with Crippen LogP contribution in [0.3, 0.4) is 0 Å². The zero-order valence-electron chi connectivity index (χ0n) is 43.4. The van der Waals surface area contributed by atoms with E-state index in [1.54, 1.807) is 0 Å². The average molecular weight is 1010 g/mol. The SMILES string of the molecule is CC(C)C[C@H](NC(=O)C1CCN1C(=O)CCOC(C)(C)CCOC(C)(C)C)C(=O)NCC(=O)N[C@@H](C)C(=O)NC[C@@H](C)OP(=O)(O)O.Cc1cncn1CCCCCCCCc1ccccc1.NC=O. The van der Waals surface area contributed by atoms with E-state index in [1.807, 2.05) is 61.0 Å². The predicted molar refractivity (Wildman–Crippen MR) is 268 cm³/mol. The summed E-state index contributed by atoms with van der Waals surface area (Å²) in [4.78, 5) is 95.4. The third kappa shape index (κ3) is 29.5. The summed E-state index contributed by atoms with van der Waals surface area (Å²) in [5.74, 6) is -2.55. The van der Waals surface area contributed by atoms with Gasteiger partial charge in [0.15, 0.2) is 0 Å². The Bertz CT molecular complexity index is 1900. The van der Waals surface area contributed by atoms with Gasteiger partial charge in [-0.25, -0.2) is 9.55 Å². The van der Waals surface area contributed by atoms with Gasteiger partial charge in [0.05, 0.1) is 43.2 Å². The number of aryl methyl sites for hydroxylation is 3. The molecule has 20 nitrogen and oxygen atoms in total. The minimum absolute atomic E-state index is 0.0222. The molecule has 0 radical (unpaired) electrons. The van der Waals surface area contributed by atoms with Crippen molar-refractivity contribution in [1.29, 1.82) is 0 Å². The predicted octanol–water partition coefficient (Wildman–Crippen LogP) is 4.62. The van der Waals surface area contributed by atoms with E-state index in [2.05, 4.69) is 78.3 Å². The number of imidazole rings is 1. The van der Waals surface area contributed by atoms with Gasteiger partial charge >= 0.3 is 7.82 Å². The number of phosphoric ester groups is 1. The second kappa shape index (κ2) is 33.0. The van der Waals surface area contributed by atoms with Crippen LogP contribution in [0.5, 0.6) is 0 Å². The number of nitrogens with one attached hydrogen (secondary N) is 4. The number of nitrogens with zero attached hydrogens (tertiary/aromatic N) is 3. The normalized spacial score (nSPS) is 14.9. The molecule has 8 N–H and O–H groups in total. The van der Waals surface area contributed by atoms with E-state index in [-0.39, 0.29) is 49.8 Å². The fraction of sp³-hybridized carbons (Fsp3) is 0.694. The van der Waals surface area contributed by atoms with Crippen LogP contribution in [0.1, 0.15) is 138 Å². The Kier molecular flexibility index (Phi) is 29.9. The molecule has 1 fully saturated rings. The molecular weight excluding hydrogens is 924 g/mol. The van der Waals surface area contributed by atoms with Gasteiger partial charge in [-0.05, 0) is 105 Å². The number of rotatable bonds is 29. The lowest BCUT2D eigenvalue weighted by Gasteiger charge is -2.40. The first-order valence-electron chi connectivity index (χ1n) is 24.4. The number of benzene rings is 1. The minimum Gasteiger partial charge on any atom is -0.376 e. The molecule has 1 saturated heterocycles. The molecule has 1 aromatic carbocycles. The highest BCUT2D eigenvalue weighted by Crippen LogP contribution is 2.37. The number of ether oxygens (including phenoxy) is 2. The molecule has 0 bridgehead atoms. The van der Waals surface area contributed by atoms with Gasteiger partial charge in [0, 0.05) is 38.1 Å². The quantitative estimate of drug-likeness (QED) is 0.0333. The number of hydrogen-bond donors (Lipinski definition) is 7. The number of aromatic nitrogens is 2. The van der Waals surface area contributed by atoms with E-state index in [1.165, 1.54) is 75.0 Å². The van der Waals surface area contributed by atoms with Gasteiger partial charge in [-0.3, -0.25) is 33.3 Å². The number of likely N-dealkylation sites (tertiary alicyclic amines) is 1. The summed E-state index contributed by atoms with van der Waals surface area (Å²) in [6.07, 6.45) is 13.9. The molecule has 70 heavy (non-hydrogen) atoms. The van der Waals surface area contributed by atoms with Gasteiger partial charge in [0.25, 0.3) is 0 Å². The highest BCUT2D eigenvalue weighted by molar-refractivity contribution is 7.46. The molecule has 6 amide bonds. The van der Waals surface area contributed by atoms with Crippen molar-refractivity contribution in [2.75, 3.05) is 32.8 Å². The number of carbonyl (C=O) groups excluding carboxylic acids is 6. The molecule has 2 aromatic rings. The largest absolute Gasteiger partial charge is 0.469 e. The lowest BCUT2D eigenvalue weighted by atomic mass is 9.98. The summed E-state index contributed by atoms with van der Waals surface area (Å²) in [6.45, 7) is 20.0. The number of primary amides is 1. The van der Waals surface area contributed by atoms with Crippen molar-refractivity contribution < 1.29 is 57.1 Å². The number of phosphoric acid groups is 1. The maximum absolute atomic E-state index is 13.1. The van der Waals surface area contributed by atoms with Crippen molar-refractivity contribution in [1.82, 2.24) is 35.7 Å². The smallest absolute Gasteiger partial charge is 0.376 e. The van der Waals surface area contributed by atoms with Crippen molar-refractivity contribution in [3.63, 3.8) is 0 Å². The van der Waals surface area contributed by atoms with Gasteiger partial charge in [-0.1, -0.05) is 69.9 Å². The van der Waals surface area contributed by atoms with E-state index >= 15 is 0 Å². The van der Waals surface area contributed by atoms with E-state index < -0.39 is 67.8 Å². The maximum Gasteiger partial charge on any atom is 0.469 e. The average Bonchev–Trinajstić information content (AvgIpc) is 3.65. The van der Waals surface area contributed by atoms with Crippen LogP contribution >= 0.6 is 7.82 Å². The first-order chi connectivity index (χ1) is 32.8. The Morgan fingerprint density at radius 2 is 1.53 bits per heavy atom. The third-order valence-corrected chi connectivity index (χ3v) is 11.6. The number of nitrogens with two attached hydrogens (primary N) is 1. The minimum atomic E-state index is -4.71. The Morgan fingerprint density at radius 1 is 0.900 bits per heavy atom. The van der Waals surface area contributed by atoms with Crippen LogP contribution in [0.4, 0.5) is 0 Å². The molecule has 1 aliphatic rings. The van der Waals surface area contributed by atoms with E-state index in [9.17, 15) is 28.5 Å². The lowest BCUT2D eigenvalue weighted by Crippen LogP contribution is -2.61. The fourth-order valence-electron chi connectivity index (χ4n) is 7.06. The van der Waals surface area contributed by atoms with Gasteiger partial charge < -0.3 is 55.7 Å². The standard InChI is InChI=1S/C30H56N5O11P.C18H26N2.CH3NO/c1-19(2)16-22(27(39)32-18-24(36)33-21(4)26(38)31-17-20(3)46-47(41,42)43)34-28(40)23-10-13-35(23)25(37)11-14-45-30(8,9)12-15-44-29(5,6)7;1-17-15-19-16-20(17)14-10-5-3-2-4-7-11-18-12-8-6-9-13-18;2-1-3/h19-23H,10-18H2,1-9H3,(H,31,38)(H,32,39)(H,33,36)(H,34,40)(H2,41,42,43);6,8-9,12-13,15-16H,2-5,7,10-11,14H2,1H3;1H,(H2,2,3)/t20-,21+,22+,23?;;/m1../s1. The first-order valence-corrected chi connectivity index (χ1v) is 25.9. The van der Waals surface area contributed by atoms with Gasteiger partial charge in [0.1, 0.15) is 18.1 Å². The molecule has 2 heterocycles. The topological polar surface area (TPSA) is 283 Å². The first kappa shape index (κ1) is 63.3. The van der Waals surface area contributed by atoms with Crippen molar-refractivity contribution in [3.8, 4) is 0 Å². The van der Waals surface area contributed by atoms with Gasteiger partial charge in [0.2, 0.25) is 35.9 Å². The van der Waals surface area contributed by atoms with Crippen LogP contribution < -0.4 is 27.0 Å². The van der Waals surface area contributed by atoms with Gasteiger partial charge in [-0.15, -0.1) is 0 Å². The summed E-state index contributed by atoms with van der Waals surface area (Å²) < 4.78 is 29.2. The number of unbranched alkanes of at least 4 members (excludes halogenated alkanes) is 5. The molecule has 1 aromatic heterocycles. The molecular formula is C49H85N8O12P. The van der Waals surface area contributed by atoms with E-state index in [0.717, 1.165) is 6.54 Å². The lowest BCUT2D eigenvalue weighted by molar-refractivity contribution is -0.150. The molecule has 4 atom stereocenters. The molecule has 0 spiro atoms. The second-order valence-corrected chi connectivity index (χ2v) is 20.7. The second-order valence-electron chi connectivity index (χ2n) is 19.5. The fourth-order valence-corrected chi connectivity index (χ4v) is 7.61. The van der Waals surface area contributed by atoms with Crippen LogP contribution in [0, 0.1) is 12.8 Å². The highest BCUT2D eigenvalue weighted by atomic mass is 31.2. The molecule has 398 valence electrons. The summed E-state index contributed by atoms with van der Waals surface area (Å²) in [6, 6.07) is 8.13. The number of carbonyl (C=O) groups is 6. The van der Waals surface area contributed by atoms with Crippen molar-refractivity contribution in [2.45, 2.75) is 182 Å². The van der Waals surface area contributed by atoms with Gasteiger partial charge in [-0.2, -0.15) is 0 Å². The molecule has 1 aliphatic heterocycles. The Hall–Kier alpha value is -4.72. The maximum atomic E-state index is 13.1. The van der Waals surface area contributed by atoms with E-state index in [0.29, 0.717) is 26.0 Å². The molecule has 0 saturated carbocycles. The Labute approximate surface area is 415 Å². The number of amides is 6. The molecule has 1 unspecified atom stereocenters. The third-order valence-electron chi connectivity index (χ3n) is 11.0. The van der Waals surface area contributed by atoms with Crippen molar-refractivity contribution in [3.05, 3.63) is 54.1 Å². The van der Waals surface area contributed by atoms with E-state index in [4.69, 9.17) is 24.1 Å². The Morgan fingerprint density at radius 3 is 2.09 bits per heavy atom.